The second kappa shape index (κ2) is 5.45. The van der Waals surface area contributed by atoms with Crippen molar-refractivity contribution in [3.63, 3.8) is 0 Å². The molecule has 1 heterocycles. The first-order chi connectivity index (χ1) is 8.97. The van der Waals surface area contributed by atoms with Gasteiger partial charge in [0.05, 0.1) is 10.7 Å². The van der Waals surface area contributed by atoms with Crippen molar-refractivity contribution in [2.24, 2.45) is 0 Å². The van der Waals surface area contributed by atoms with Gasteiger partial charge in [-0.05, 0) is 36.6 Å². The predicted molar refractivity (Wildman–Crippen MR) is 76.9 cm³/mol. The number of benzene rings is 1. The normalized spacial score (nSPS) is 10.5. The first-order valence-electron chi connectivity index (χ1n) is 5.88. The van der Waals surface area contributed by atoms with Crippen LogP contribution in [0.1, 0.15) is 16.7 Å². The molecular weight excluding hydrogens is 265 g/mol. The molecule has 3 nitrogen and oxygen atoms in total. The Hall–Kier alpha value is -1.81. The fraction of sp³-hybridized carbons (Fsp3) is 0.214. The van der Waals surface area contributed by atoms with Crippen LogP contribution in [0.15, 0.2) is 24.4 Å². The van der Waals surface area contributed by atoms with E-state index in [1.54, 1.807) is 32.0 Å². The van der Waals surface area contributed by atoms with Crippen LogP contribution in [0, 0.1) is 19.7 Å². The highest BCUT2D eigenvalue weighted by Crippen LogP contribution is 2.21. The molecule has 1 aromatic carbocycles. The summed E-state index contributed by atoms with van der Waals surface area (Å²) in [5.74, 6) is 0.414. The number of hydrogen-bond acceptors (Lipinski definition) is 3. The predicted octanol–water partition coefficient (Wildman–Crippen LogP) is 3.69. The van der Waals surface area contributed by atoms with Crippen LogP contribution in [-0.4, -0.2) is 4.98 Å². The standard InChI is InChI=1S/C14H15ClFN3/c1-8-3-10(4-9(2)13(8)16)6-18-14-12(17)5-11(15)7-19-14/h3-5,7H,6,17H2,1-2H3,(H,18,19). The van der Waals surface area contributed by atoms with Crippen molar-refractivity contribution >= 4 is 23.1 Å². The van der Waals surface area contributed by atoms with Crippen LogP contribution in [0.3, 0.4) is 0 Å². The molecule has 1 aromatic heterocycles. The quantitative estimate of drug-likeness (QED) is 0.901. The molecule has 0 fully saturated rings. The Bertz CT molecular complexity index is 591. The van der Waals surface area contributed by atoms with E-state index >= 15 is 0 Å². The van der Waals surface area contributed by atoms with Crippen LogP contribution >= 0.6 is 11.6 Å². The maximum atomic E-state index is 13.5. The van der Waals surface area contributed by atoms with Crippen LogP contribution in [0.5, 0.6) is 0 Å². The van der Waals surface area contributed by atoms with Crippen molar-refractivity contribution in [1.82, 2.24) is 4.98 Å². The molecule has 19 heavy (non-hydrogen) atoms. The molecule has 2 rings (SSSR count). The lowest BCUT2D eigenvalue weighted by molar-refractivity contribution is 0.608. The Morgan fingerprint density at radius 3 is 2.47 bits per heavy atom. The maximum Gasteiger partial charge on any atom is 0.149 e. The largest absolute Gasteiger partial charge is 0.396 e. The van der Waals surface area contributed by atoms with Crippen molar-refractivity contribution in [3.8, 4) is 0 Å². The molecular formula is C14H15ClFN3. The smallest absolute Gasteiger partial charge is 0.149 e. The van der Waals surface area contributed by atoms with Gasteiger partial charge in [-0.2, -0.15) is 0 Å². The number of nitrogen functional groups attached to an aromatic ring is 1. The van der Waals surface area contributed by atoms with Crippen molar-refractivity contribution < 1.29 is 4.39 Å². The molecule has 5 heteroatoms. The van der Waals surface area contributed by atoms with Gasteiger partial charge in [0.15, 0.2) is 0 Å². The lowest BCUT2D eigenvalue weighted by Gasteiger charge is -2.10. The topological polar surface area (TPSA) is 50.9 Å². The summed E-state index contributed by atoms with van der Waals surface area (Å²) in [5.41, 5.74) is 8.53. The average Bonchev–Trinajstić information content (AvgIpc) is 2.34. The van der Waals surface area contributed by atoms with E-state index < -0.39 is 0 Å². The summed E-state index contributed by atoms with van der Waals surface area (Å²) in [4.78, 5) is 4.11. The van der Waals surface area contributed by atoms with Gasteiger partial charge in [-0.25, -0.2) is 9.37 Å². The Morgan fingerprint density at radius 2 is 1.89 bits per heavy atom. The number of anilines is 2. The number of halogens is 2. The zero-order chi connectivity index (χ0) is 14.0. The number of aromatic nitrogens is 1. The Kier molecular flexibility index (Phi) is 3.90. The summed E-state index contributed by atoms with van der Waals surface area (Å²) in [6.45, 7) is 4.03. The molecule has 0 atom stereocenters. The fourth-order valence-electron chi connectivity index (χ4n) is 1.93. The van der Waals surface area contributed by atoms with Crippen molar-refractivity contribution in [1.29, 1.82) is 0 Å². The third-order valence-corrected chi connectivity index (χ3v) is 3.05. The minimum atomic E-state index is -0.159. The Labute approximate surface area is 116 Å². The van der Waals surface area contributed by atoms with Crippen LogP contribution in [0.4, 0.5) is 15.9 Å². The summed E-state index contributed by atoms with van der Waals surface area (Å²) in [5, 5.41) is 3.61. The highest BCUT2D eigenvalue weighted by molar-refractivity contribution is 6.30. The lowest BCUT2D eigenvalue weighted by Crippen LogP contribution is -2.05. The van der Waals surface area contributed by atoms with Gasteiger partial charge < -0.3 is 11.1 Å². The van der Waals surface area contributed by atoms with Gasteiger partial charge in [-0.15, -0.1) is 0 Å². The Morgan fingerprint density at radius 1 is 1.26 bits per heavy atom. The van der Waals surface area contributed by atoms with Crippen LogP contribution in [0.25, 0.3) is 0 Å². The summed E-state index contributed by atoms with van der Waals surface area (Å²) >= 11 is 5.78. The molecule has 0 aliphatic carbocycles. The highest BCUT2D eigenvalue weighted by Gasteiger charge is 2.06. The lowest BCUT2D eigenvalue weighted by atomic mass is 10.1. The third-order valence-electron chi connectivity index (χ3n) is 2.84. The van der Waals surface area contributed by atoms with E-state index in [1.807, 2.05) is 0 Å². The summed E-state index contributed by atoms with van der Waals surface area (Å²) in [7, 11) is 0. The first-order valence-corrected chi connectivity index (χ1v) is 6.25. The van der Waals surface area contributed by atoms with E-state index in [0.717, 1.165) is 5.56 Å². The summed E-state index contributed by atoms with van der Waals surface area (Å²) in [6, 6.07) is 5.25. The van der Waals surface area contributed by atoms with Crippen molar-refractivity contribution in [3.05, 3.63) is 51.9 Å². The fourth-order valence-corrected chi connectivity index (χ4v) is 2.09. The van der Waals surface area contributed by atoms with E-state index in [1.165, 1.54) is 6.20 Å². The van der Waals surface area contributed by atoms with Gasteiger partial charge in [0.1, 0.15) is 11.6 Å². The van der Waals surface area contributed by atoms with E-state index in [0.29, 0.717) is 34.2 Å². The SMILES string of the molecule is Cc1cc(CNc2ncc(Cl)cc2N)cc(C)c1F. The van der Waals surface area contributed by atoms with Crippen LogP contribution < -0.4 is 11.1 Å². The van der Waals surface area contributed by atoms with Gasteiger partial charge in [-0.1, -0.05) is 23.7 Å². The van der Waals surface area contributed by atoms with E-state index in [4.69, 9.17) is 17.3 Å². The molecule has 0 spiro atoms. The van der Waals surface area contributed by atoms with E-state index in [9.17, 15) is 4.39 Å². The van der Waals surface area contributed by atoms with Crippen LogP contribution in [-0.2, 0) is 6.54 Å². The molecule has 0 aliphatic rings. The van der Waals surface area contributed by atoms with Gasteiger partial charge >= 0.3 is 0 Å². The molecule has 0 radical (unpaired) electrons. The second-order valence-electron chi connectivity index (χ2n) is 4.49. The van der Waals surface area contributed by atoms with Gasteiger partial charge in [0.25, 0.3) is 0 Å². The molecule has 0 amide bonds. The number of aryl methyl sites for hydroxylation is 2. The number of nitrogens with one attached hydrogen (secondary N) is 1. The summed E-state index contributed by atoms with van der Waals surface area (Å²) < 4.78 is 13.5. The van der Waals surface area contributed by atoms with Crippen LogP contribution in [0.2, 0.25) is 5.02 Å². The zero-order valence-electron chi connectivity index (χ0n) is 10.8. The average molecular weight is 280 g/mol. The molecule has 0 saturated carbocycles. The zero-order valence-corrected chi connectivity index (χ0v) is 11.6. The number of nitrogens with zero attached hydrogens (tertiary/aromatic N) is 1. The van der Waals surface area contributed by atoms with Gasteiger partial charge in [0, 0.05) is 12.7 Å². The van der Waals surface area contributed by atoms with E-state index in [-0.39, 0.29) is 5.82 Å². The monoisotopic (exact) mass is 279 g/mol. The van der Waals surface area contributed by atoms with Gasteiger partial charge in [-0.3, -0.25) is 0 Å². The third kappa shape index (κ3) is 3.15. The molecule has 0 saturated heterocycles. The molecule has 0 unspecified atom stereocenters. The molecule has 2 aromatic rings. The molecule has 0 bridgehead atoms. The van der Waals surface area contributed by atoms with Crippen molar-refractivity contribution in [2.75, 3.05) is 11.1 Å². The number of rotatable bonds is 3. The number of pyridine rings is 1. The minimum Gasteiger partial charge on any atom is -0.396 e. The summed E-state index contributed by atoms with van der Waals surface area (Å²) in [6.07, 6.45) is 1.53. The molecule has 0 aliphatic heterocycles. The first kappa shape index (κ1) is 13.6. The van der Waals surface area contributed by atoms with E-state index in [2.05, 4.69) is 10.3 Å². The highest BCUT2D eigenvalue weighted by atomic mass is 35.5. The Balaban J connectivity index is 2.14. The molecule has 3 N–H and O–H groups in total. The van der Waals surface area contributed by atoms with Crippen molar-refractivity contribution in [2.45, 2.75) is 20.4 Å². The number of nitrogens with two attached hydrogens (primary N) is 1. The van der Waals surface area contributed by atoms with Gasteiger partial charge in [0.2, 0.25) is 0 Å². The maximum absolute atomic E-state index is 13.5. The molecule has 100 valence electrons. The second-order valence-corrected chi connectivity index (χ2v) is 4.92. The minimum absolute atomic E-state index is 0.159. The number of hydrogen-bond donors (Lipinski definition) is 2.